The summed E-state index contributed by atoms with van der Waals surface area (Å²) in [6.07, 6.45) is 1.08. The van der Waals surface area contributed by atoms with E-state index < -0.39 is 47.5 Å². The molecule has 25 heavy (non-hydrogen) atoms. The van der Waals surface area contributed by atoms with Gasteiger partial charge in [-0.25, -0.2) is 14.1 Å². The van der Waals surface area contributed by atoms with Crippen LogP contribution in [0.3, 0.4) is 0 Å². The molecular weight excluding hydrogens is 405 g/mol. The Hall–Kier alpha value is -0.810. The minimum Gasteiger partial charge on any atom is -0.506 e. The molecule has 0 atom stereocenters. The topological polar surface area (TPSA) is 230 Å². The van der Waals surface area contributed by atoms with Gasteiger partial charge in [-0.2, -0.15) is 14.7 Å². The molecular formula is C9H16N2O11P3+. The second-order valence-electron chi connectivity index (χ2n) is 4.69. The monoisotopic (exact) mass is 421 g/mol. The Balaban J connectivity index is 3.31. The van der Waals surface area contributed by atoms with Crippen molar-refractivity contribution >= 4 is 28.6 Å². The van der Waals surface area contributed by atoms with E-state index in [1.165, 1.54) is 6.92 Å². The van der Waals surface area contributed by atoms with Crippen LogP contribution in [0.1, 0.15) is 16.8 Å². The second kappa shape index (κ2) is 7.83. The molecule has 1 aromatic heterocycles. The first-order valence-electron chi connectivity index (χ1n) is 6.17. The van der Waals surface area contributed by atoms with E-state index in [0.29, 0.717) is 0 Å². The predicted molar refractivity (Wildman–Crippen MR) is 84.2 cm³/mol. The molecule has 0 saturated heterocycles. The van der Waals surface area contributed by atoms with Gasteiger partial charge in [-0.1, -0.05) is 0 Å². The van der Waals surface area contributed by atoms with Crippen molar-refractivity contribution in [3.05, 3.63) is 23.0 Å². The summed E-state index contributed by atoms with van der Waals surface area (Å²) in [5, 5.41) is 8.40. The predicted octanol–water partition coefficient (Wildman–Crippen LogP) is -0.522. The molecule has 13 nitrogen and oxygen atoms in total. The van der Waals surface area contributed by atoms with Crippen molar-refractivity contribution in [3.8, 4) is 5.75 Å². The molecule has 0 fully saturated rings. The highest BCUT2D eigenvalue weighted by Crippen LogP contribution is 2.60. The molecule has 0 radical (unpaired) electrons. The van der Waals surface area contributed by atoms with Gasteiger partial charge in [0.15, 0.2) is 0 Å². The standard InChI is InChI=1S/C9H15N2O11P3/c1-5-8(12)7(6(2-10-5)4-22-25(19,20)21)3-11-9(23(13,14)15)24(16,17)18/h2,13-15H,3-4H2,1H3,(H4-,12,16,17,18,19,20,21)/p+1. The summed E-state index contributed by atoms with van der Waals surface area (Å²) in [7, 11) is -15.3. The minimum absolute atomic E-state index is 0.0564. The lowest BCUT2D eigenvalue weighted by atomic mass is 10.1. The largest absolute Gasteiger partial charge is 0.506 e. The average Bonchev–Trinajstić information content (AvgIpc) is 2.38. The summed E-state index contributed by atoms with van der Waals surface area (Å²) in [5.74, 6) is -0.515. The summed E-state index contributed by atoms with van der Waals surface area (Å²) >= 11 is 0. The number of hydrogen-bond acceptors (Lipinski definition) is 9. The molecule has 0 aliphatic rings. The van der Waals surface area contributed by atoms with Crippen LogP contribution in [0.5, 0.6) is 5.75 Å². The summed E-state index contributed by atoms with van der Waals surface area (Å²) in [4.78, 5) is 69.7. The fourth-order valence-corrected chi connectivity index (χ4v) is 3.87. The number of phosphoric ester groups is 1. The van der Waals surface area contributed by atoms with Crippen molar-refractivity contribution in [1.82, 2.24) is 4.98 Å². The Labute approximate surface area is 141 Å². The maximum atomic E-state index is 11.2. The Kier molecular flexibility index (Phi) is 6.96. The number of nitrogens with zero attached hydrogens (tertiary/aromatic N) is 2. The van der Waals surface area contributed by atoms with Gasteiger partial charge in [-0.15, -0.1) is 0 Å². The van der Waals surface area contributed by atoms with Crippen LogP contribution in [-0.2, 0) is 26.8 Å². The van der Waals surface area contributed by atoms with Crippen molar-refractivity contribution in [2.75, 3.05) is 0 Å². The minimum atomic E-state index is -5.32. The molecule has 0 aliphatic carbocycles. The van der Waals surface area contributed by atoms with E-state index in [1.807, 2.05) is 0 Å². The van der Waals surface area contributed by atoms with E-state index in [-0.39, 0.29) is 16.8 Å². The fourth-order valence-electron chi connectivity index (χ4n) is 1.65. The van der Waals surface area contributed by atoms with Crippen LogP contribution in [0.25, 0.3) is 0 Å². The SMILES string of the molecule is Cc1ncc(COP(=O)(O)O)c(CN=C(P(=O)(O)O)[P+](O)(O)O)c1O. The molecule has 0 aromatic carbocycles. The van der Waals surface area contributed by atoms with E-state index in [2.05, 4.69) is 14.5 Å². The molecule has 1 aromatic rings. The van der Waals surface area contributed by atoms with Crippen LogP contribution in [0, 0.1) is 6.92 Å². The molecule has 1 heterocycles. The summed E-state index contributed by atoms with van der Waals surface area (Å²) in [6, 6.07) is 0. The van der Waals surface area contributed by atoms with E-state index in [1.54, 1.807) is 0 Å². The maximum Gasteiger partial charge on any atom is 0.469 e. The molecule has 142 valence electrons. The Bertz CT molecular complexity index is 763. The van der Waals surface area contributed by atoms with Gasteiger partial charge in [-0.3, -0.25) is 9.51 Å². The Morgan fingerprint density at radius 3 is 2.24 bits per heavy atom. The molecule has 0 bridgehead atoms. The van der Waals surface area contributed by atoms with Gasteiger partial charge in [0.2, 0.25) is 0 Å². The summed E-state index contributed by atoms with van der Waals surface area (Å²) < 4.78 is 26.2. The first-order chi connectivity index (χ1) is 11.1. The Morgan fingerprint density at radius 1 is 1.24 bits per heavy atom. The van der Waals surface area contributed by atoms with Crippen LogP contribution in [0.4, 0.5) is 0 Å². The van der Waals surface area contributed by atoms with Gasteiger partial charge in [0, 0.05) is 17.3 Å². The molecule has 0 spiro atoms. The lowest BCUT2D eigenvalue weighted by molar-refractivity contribution is 0.188. The number of hydrogen-bond donors (Lipinski definition) is 8. The highest BCUT2D eigenvalue weighted by atomic mass is 31.3. The number of rotatable bonds is 7. The fraction of sp³-hybridized carbons (Fsp3) is 0.333. The summed E-state index contributed by atoms with van der Waals surface area (Å²) in [5.41, 5.74) is -0.223. The molecule has 0 unspecified atom stereocenters. The number of aromatic nitrogens is 1. The normalized spacial score (nSPS) is 14.0. The van der Waals surface area contributed by atoms with Gasteiger partial charge in [0.25, 0.3) is 0 Å². The molecule has 8 N–H and O–H groups in total. The first-order valence-corrected chi connectivity index (χ1v) is 11.0. The third-order valence-electron chi connectivity index (χ3n) is 2.73. The van der Waals surface area contributed by atoms with Crippen molar-refractivity contribution in [2.24, 2.45) is 4.99 Å². The zero-order chi connectivity index (χ0) is 19.6. The smallest absolute Gasteiger partial charge is 0.469 e. The number of pyridine rings is 1. The maximum absolute atomic E-state index is 11.2. The number of aryl methyl sites for hydroxylation is 1. The third-order valence-corrected chi connectivity index (χ3v) is 6.12. The quantitative estimate of drug-likeness (QED) is 0.205. The number of aliphatic imine (C=N–C) groups is 1. The molecule has 0 amide bonds. The first kappa shape index (κ1) is 22.2. The van der Waals surface area contributed by atoms with Gasteiger partial charge in [0.05, 0.1) is 18.8 Å². The van der Waals surface area contributed by atoms with E-state index in [4.69, 9.17) is 34.3 Å². The van der Waals surface area contributed by atoms with E-state index in [9.17, 15) is 14.2 Å². The van der Waals surface area contributed by atoms with Crippen molar-refractivity contribution in [3.63, 3.8) is 0 Å². The van der Waals surface area contributed by atoms with Crippen LogP contribution < -0.4 is 0 Å². The molecule has 0 aliphatic heterocycles. The Morgan fingerprint density at radius 2 is 1.80 bits per heavy atom. The van der Waals surface area contributed by atoms with Crippen molar-refractivity contribution in [2.45, 2.75) is 20.1 Å². The van der Waals surface area contributed by atoms with Gasteiger partial charge >= 0.3 is 28.6 Å². The number of phosphoric acid groups is 1. The van der Waals surface area contributed by atoms with Crippen LogP contribution >= 0.6 is 23.4 Å². The van der Waals surface area contributed by atoms with Crippen LogP contribution in [0.15, 0.2) is 11.2 Å². The van der Waals surface area contributed by atoms with Gasteiger partial charge in [0.1, 0.15) is 5.75 Å². The average molecular weight is 421 g/mol. The third kappa shape index (κ3) is 6.78. The zero-order valence-corrected chi connectivity index (χ0v) is 15.2. The van der Waals surface area contributed by atoms with Crippen molar-refractivity contribution < 1.29 is 53.0 Å². The molecule has 0 saturated carbocycles. The highest BCUT2D eigenvalue weighted by molar-refractivity contribution is 8.00. The highest BCUT2D eigenvalue weighted by Gasteiger charge is 2.51. The second-order valence-corrected chi connectivity index (χ2v) is 9.35. The number of aromatic hydroxyl groups is 1. The lowest BCUT2D eigenvalue weighted by Crippen LogP contribution is -2.08. The van der Waals surface area contributed by atoms with Crippen LogP contribution in [-0.4, -0.2) is 49.5 Å². The molecule has 16 heteroatoms. The van der Waals surface area contributed by atoms with Gasteiger partial charge < -0.3 is 24.7 Å². The van der Waals surface area contributed by atoms with E-state index in [0.717, 1.165) is 6.20 Å². The van der Waals surface area contributed by atoms with Crippen LogP contribution in [0.2, 0.25) is 0 Å². The van der Waals surface area contributed by atoms with E-state index >= 15 is 0 Å². The van der Waals surface area contributed by atoms with Crippen molar-refractivity contribution in [1.29, 1.82) is 0 Å². The lowest BCUT2D eigenvalue weighted by Gasteiger charge is -2.13. The summed E-state index contributed by atoms with van der Waals surface area (Å²) in [6.45, 7) is -0.126. The zero-order valence-electron chi connectivity index (χ0n) is 12.5. The molecule has 1 rings (SSSR count). The van der Waals surface area contributed by atoms with Gasteiger partial charge in [-0.05, 0) is 6.92 Å².